The number of nitrogens with zero attached hydrogens (tertiary/aromatic N) is 1. The van der Waals surface area contributed by atoms with E-state index in [0.29, 0.717) is 22.2 Å². The molecule has 4 nitrogen and oxygen atoms in total. The zero-order valence-corrected chi connectivity index (χ0v) is 12.8. The van der Waals surface area contributed by atoms with Gasteiger partial charge in [-0.25, -0.2) is 0 Å². The fraction of sp³-hybridized carbons (Fsp3) is 0.286. The van der Waals surface area contributed by atoms with Crippen LogP contribution in [0.15, 0.2) is 34.0 Å². The van der Waals surface area contributed by atoms with E-state index in [9.17, 15) is 9.90 Å². The van der Waals surface area contributed by atoms with Crippen molar-refractivity contribution in [2.24, 2.45) is 0 Å². The summed E-state index contributed by atoms with van der Waals surface area (Å²) in [5, 5.41) is 10.5. The molecule has 1 aromatic heterocycles. The highest BCUT2D eigenvalue weighted by Crippen LogP contribution is 2.25. The predicted molar refractivity (Wildman–Crippen MR) is 81.6 cm³/mol. The molecular formula is C14H15ClN2O2S. The van der Waals surface area contributed by atoms with Crippen LogP contribution in [0.5, 0.6) is 5.88 Å². The monoisotopic (exact) mass is 310 g/mol. The largest absolute Gasteiger partial charge is 0.493 e. The van der Waals surface area contributed by atoms with Gasteiger partial charge in [-0.15, -0.1) is 11.8 Å². The van der Waals surface area contributed by atoms with E-state index < -0.39 is 0 Å². The Balaban J connectivity index is 2.17. The fourth-order valence-electron chi connectivity index (χ4n) is 1.81. The van der Waals surface area contributed by atoms with E-state index in [0.717, 1.165) is 4.90 Å². The number of aromatic hydroxyl groups is 1. The summed E-state index contributed by atoms with van der Waals surface area (Å²) in [5.41, 5.74) is 0.0377. The van der Waals surface area contributed by atoms with Gasteiger partial charge in [0.1, 0.15) is 5.82 Å². The molecule has 0 aliphatic carbocycles. The van der Waals surface area contributed by atoms with Crippen LogP contribution in [-0.4, -0.2) is 15.1 Å². The van der Waals surface area contributed by atoms with Gasteiger partial charge in [-0.3, -0.25) is 4.79 Å². The van der Waals surface area contributed by atoms with Crippen LogP contribution in [0.1, 0.15) is 31.2 Å². The molecule has 1 aromatic carbocycles. The molecule has 2 aromatic rings. The van der Waals surface area contributed by atoms with Crippen molar-refractivity contribution in [3.05, 3.63) is 51.0 Å². The van der Waals surface area contributed by atoms with Crippen molar-refractivity contribution >= 4 is 23.4 Å². The molecule has 20 heavy (non-hydrogen) atoms. The lowest BCUT2D eigenvalue weighted by Gasteiger charge is -2.08. The molecule has 0 saturated heterocycles. The normalized spacial score (nSPS) is 11.0. The molecule has 0 fully saturated rings. The summed E-state index contributed by atoms with van der Waals surface area (Å²) < 4.78 is 0. The third-order valence-electron chi connectivity index (χ3n) is 2.73. The maximum absolute atomic E-state index is 11.9. The van der Waals surface area contributed by atoms with Gasteiger partial charge in [0.2, 0.25) is 5.88 Å². The lowest BCUT2D eigenvalue weighted by Crippen LogP contribution is -2.17. The summed E-state index contributed by atoms with van der Waals surface area (Å²) in [5.74, 6) is 0.648. The van der Waals surface area contributed by atoms with Crippen molar-refractivity contribution in [2.45, 2.75) is 30.4 Å². The van der Waals surface area contributed by atoms with Crippen LogP contribution < -0.4 is 5.56 Å². The van der Waals surface area contributed by atoms with Crippen molar-refractivity contribution in [3.63, 3.8) is 0 Å². The van der Waals surface area contributed by atoms with E-state index >= 15 is 0 Å². The molecular weight excluding hydrogens is 296 g/mol. The van der Waals surface area contributed by atoms with Gasteiger partial charge in [-0.05, 0) is 24.1 Å². The summed E-state index contributed by atoms with van der Waals surface area (Å²) in [6, 6.07) is 7.43. The van der Waals surface area contributed by atoms with Crippen LogP contribution in [-0.2, 0) is 5.75 Å². The molecule has 0 radical (unpaired) electrons. The van der Waals surface area contributed by atoms with E-state index in [1.165, 1.54) is 11.8 Å². The summed E-state index contributed by atoms with van der Waals surface area (Å²) in [4.78, 5) is 19.6. The van der Waals surface area contributed by atoms with E-state index in [1.54, 1.807) is 6.07 Å². The number of benzene rings is 1. The van der Waals surface area contributed by atoms with Gasteiger partial charge in [-0.2, -0.15) is 4.98 Å². The molecule has 0 amide bonds. The molecule has 2 N–H and O–H groups in total. The van der Waals surface area contributed by atoms with Crippen LogP contribution in [0.4, 0.5) is 0 Å². The number of H-pyrrole nitrogens is 1. The lowest BCUT2D eigenvalue weighted by molar-refractivity contribution is 0.437. The number of aromatic amines is 1. The second-order valence-electron chi connectivity index (χ2n) is 4.65. The zero-order valence-electron chi connectivity index (χ0n) is 11.2. The molecule has 0 aliphatic rings. The first-order chi connectivity index (χ1) is 9.47. The number of aromatic nitrogens is 2. The van der Waals surface area contributed by atoms with E-state index in [2.05, 4.69) is 9.97 Å². The van der Waals surface area contributed by atoms with Crippen LogP contribution in [0, 0.1) is 0 Å². The second kappa shape index (κ2) is 6.33. The Bertz CT molecular complexity index is 670. The Labute approximate surface area is 126 Å². The third-order valence-corrected chi connectivity index (χ3v) is 3.97. The molecule has 0 unspecified atom stereocenters. The highest BCUT2D eigenvalue weighted by Gasteiger charge is 2.14. The fourth-order valence-corrected chi connectivity index (χ4v) is 2.89. The maximum atomic E-state index is 11.9. The molecule has 106 valence electrons. The number of halogens is 1. The number of hydrogen-bond donors (Lipinski definition) is 2. The molecule has 0 spiro atoms. The molecule has 0 saturated carbocycles. The first kappa shape index (κ1) is 14.9. The number of hydrogen-bond acceptors (Lipinski definition) is 4. The number of rotatable bonds is 4. The molecule has 6 heteroatoms. The highest BCUT2D eigenvalue weighted by molar-refractivity contribution is 7.98. The molecule has 2 rings (SSSR count). The van der Waals surface area contributed by atoms with Crippen molar-refractivity contribution < 1.29 is 5.11 Å². The summed E-state index contributed by atoms with van der Waals surface area (Å²) in [6.07, 6.45) is 0. The van der Waals surface area contributed by atoms with Gasteiger partial charge in [0.05, 0.1) is 11.3 Å². The smallest absolute Gasteiger partial charge is 0.258 e. The number of thioether (sulfide) groups is 1. The SMILES string of the molecule is CC(C)c1c(O)nc(CSc2cccc(Cl)c2)[nH]c1=O. The van der Waals surface area contributed by atoms with Crippen LogP contribution in [0.3, 0.4) is 0 Å². The Morgan fingerprint density at radius 2 is 2.20 bits per heavy atom. The Morgan fingerprint density at radius 3 is 2.80 bits per heavy atom. The Kier molecular flexibility index (Phi) is 4.73. The minimum Gasteiger partial charge on any atom is -0.493 e. The van der Waals surface area contributed by atoms with Crippen molar-refractivity contribution in [3.8, 4) is 5.88 Å². The minimum absolute atomic E-state index is 0.0686. The van der Waals surface area contributed by atoms with Gasteiger partial charge < -0.3 is 10.1 Å². The second-order valence-corrected chi connectivity index (χ2v) is 6.14. The first-order valence-electron chi connectivity index (χ1n) is 6.18. The van der Waals surface area contributed by atoms with Gasteiger partial charge in [0.25, 0.3) is 5.56 Å². The third kappa shape index (κ3) is 3.55. The van der Waals surface area contributed by atoms with Crippen molar-refractivity contribution in [2.75, 3.05) is 0 Å². The van der Waals surface area contributed by atoms with Gasteiger partial charge in [0, 0.05) is 9.92 Å². The van der Waals surface area contributed by atoms with E-state index in [-0.39, 0.29) is 17.4 Å². The lowest BCUT2D eigenvalue weighted by atomic mass is 10.1. The van der Waals surface area contributed by atoms with Crippen LogP contribution in [0.25, 0.3) is 0 Å². The molecule has 0 atom stereocenters. The summed E-state index contributed by atoms with van der Waals surface area (Å²) >= 11 is 7.40. The number of nitrogens with one attached hydrogen (secondary N) is 1. The average molecular weight is 311 g/mol. The first-order valence-corrected chi connectivity index (χ1v) is 7.54. The average Bonchev–Trinajstić information content (AvgIpc) is 2.35. The van der Waals surface area contributed by atoms with Crippen LogP contribution >= 0.6 is 23.4 Å². The molecule has 0 bridgehead atoms. The summed E-state index contributed by atoms with van der Waals surface area (Å²) in [7, 11) is 0. The standard InChI is InChI=1S/C14H15ClN2O2S/c1-8(2)12-13(18)16-11(17-14(12)19)7-20-10-5-3-4-9(15)6-10/h3-6,8H,7H2,1-2H3,(H2,16,17,18,19). The van der Waals surface area contributed by atoms with Crippen LogP contribution in [0.2, 0.25) is 5.02 Å². The Hall–Kier alpha value is -1.46. The molecule has 0 aliphatic heterocycles. The van der Waals surface area contributed by atoms with Gasteiger partial charge in [0.15, 0.2) is 0 Å². The highest BCUT2D eigenvalue weighted by atomic mass is 35.5. The van der Waals surface area contributed by atoms with Crippen molar-refractivity contribution in [1.29, 1.82) is 0 Å². The van der Waals surface area contributed by atoms with Gasteiger partial charge >= 0.3 is 0 Å². The van der Waals surface area contributed by atoms with E-state index in [1.807, 2.05) is 32.0 Å². The quantitative estimate of drug-likeness (QED) is 0.848. The molecule has 1 heterocycles. The maximum Gasteiger partial charge on any atom is 0.258 e. The van der Waals surface area contributed by atoms with Gasteiger partial charge in [-0.1, -0.05) is 31.5 Å². The summed E-state index contributed by atoms with van der Waals surface area (Å²) in [6.45, 7) is 3.68. The predicted octanol–water partition coefficient (Wildman–Crippen LogP) is 3.54. The topological polar surface area (TPSA) is 66.0 Å². The zero-order chi connectivity index (χ0) is 14.7. The van der Waals surface area contributed by atoms with Crippen molar-refractivity contribution in [1.82, 2.24) is 9.97 Å². The minimum atomic E-state index is -0.283. The van der Waals surface area contributed by atoms with E-state index in [4.69, 9.17) is 11.6 Å². The Morgan fingerprint density at radius 1 is 1.45 bits per heavy atom.